The number of hydrogen-bond donors (Lipinski definition) is 2. The standard InChI is InChI=1S/C11H8ClNO3/c1-5-2-7-9(10(12)11(5)16)6(3-13-7)8(15)4-14/h2-4,13,16H,1H3. The van der Waals surface area contributed by atoms with Crippen LogP contribution in [0.4, 0.5) is 0 Å². The smallest absolute Gasteiger partial charge is 0.227 e. The Morgan fingerprint density at radius 2 is 2.25 bits per heavy atom. The summed E-state index contributed by atoms with van der Waals surface area (Å²) >= 11 is 5.94. The summed E-state index contributed by atoms with van der Waals surface area (Å²) in [5, 5.41) is 10.1. The first kappa shape index (κ1) is 10.7. The molecule has 1 heterocycles. The highest BCUT2D eigenvalue weighted by molar-refractivity contribution is 6.42. The van der Waals surface area contributed by atoms with Gasteiger partial charge in [0.1, 0.15) is 5.75 Å². The third-order valence-corrected chi connectivity index (χ3v) is 2.81. The van der Waals surface area contributed by atoms with Crippen LogP contribution in [0.25, 0.3) is 10.9 Å². The number of phenolic OH excluding ortho intramolecular Hbond substituents is 1. The van der Waals surface area contributed by atoms with Gasteiger partial charge in [0.2, 0.25) is 5.78 Å². The molecule has 1 aromatic carbocycles. The van der Waals surface area contributed by atoms with Crippen molar-refractivity contribution in [2.24, 2.45) is 0 Å². The van der Waals surface area contributed by atoms with Gasteiger partial charge in [-0.1, -0.05) is 11.6 Å². The molecule has 0 radical (unpaired) electrons. The maximum atomic E-state index is 11.3. The lowest BCUT2D eigenvalue weighted by atomic mass is 10.1. The molecule has 0 saturated carbocycles. The van der Waals surface area contributed by atoms with E-state index in [4.69, 9.17) is 11.6 Å². The van der Waals surface area contributed by atoms with Crippen LogP contribution in [0.3, 0.4) is 0 Å². The molecule has 82 valence electrons. The summed E-state index contributed by atoms with van der Waals surface area (Å²) in [7, 11) is 0. The minimum absolute atomic E-state index is 0.0753. The summed E-state index contributed by atoms with van der Waals surface area (Å²) in [6.45, 7) is 1.70. The van der Waals surface area contributed by atoms with Crippen LogP contribution in [0.5, 0.6) is 5.75 Å². The zero-order chi connectivity index (χ0) is 11.9. The number of hydrogen-bond acceptors (Lipinski definition) is 3. The lowest BCUT2D eigenvalue weighted by Gasteiger charge is -2.03. The molecule has 0 aliphatic rings. The van der Waals surface area contributed by atoms with Gasteiger partial charge in [-0.25, -0.2) is 0 Å². The molecule has 1 aromatic heterocycles. The topological polar surface area (TPSA) is 70.2 Å². The molecule has 2 aromatic rings. The number of nitrogens with one attached hydrogen (secondary N) is 1. The van der Waals surface area contributed by atoms with Crippen LogP contribution in [0.15, 0.2) is 12.3 Å². The quantitative estimate of drug-likeness (QED) is 0.478. The van der Waals surface area contributed by atoms with E-state index < -0.39 is 5.78 Å². The van der Waals surface area contributed by atoms with E-state index in [1.807, 2.05) is 0 Å². The second kappa shape index (κ2) is 3.64. The second-order valence-electron chi connectivity index (χ2n) is 3.46. The van der Waals surface area contributed by atoms with Crippen LogP contribution < -0.4 is 0 Å². The van der Waals surface area contributed by atoms with Crippen LogP contribution in [0.1, 0.15) is 15.9 Å². The van der Waals surface area contributed by atoms with E-state index in [0.717, 1.165) is 0 Å². The van der Waals surface area contributed by atoms with E-state index >= 15 is 0 Å². The summed E-state index contributed by atoms with van der Waals surface area (Å²) in [5.41, 5.74) is 1.39. The van der Waals surface area contributed by atoms with E-state index in [1.54, 1.807) is 13.0 Å². The predicted octanol–water partition coefficient (Wildman–Crippen LogP) is 2.22. The molecule has 0 aliphatic heterocycles. The summed E-state index contributed by atoms with van der Waals surface area (Å²) in [6, 6.07) is 1.66. The molecule has 5 heteroatoms. The Labute approximate surface area is 95.8 Å². The van der Waals surface area contributed by atoms with Gasteiger partial charge < -0.3 is 10.1 Å². The number of fused-ring (bicyclic) bond motifs is 1. The lowest BCUT2D eigenvalue weighted by molar-refractivity contribution is -0.104. The summed E-state index contributed by atoms with van der Waals surface area (Å²) in [5.74, 6) is -0.745. The van der Waals surface area contributed by atoms with Crippen molar-refractivity contribution < 1.29 is 14.7 Å². The molecule has 0 fully saturated rings. The highest BCUT2D eigenvalue weighted by atomic mass is 35.5. The molecular formula is C11H8ClNO3. The number of carbonyl (C=O) groups is 2. The average molecular weight is 238 g/mol. The monoisotopic (exact) mass is 237 g/mol. The molecule has 0 bridgehead atoms. The zero-order valence-corrected chi connectivity index (χ0v) is 9.13. The van der Waals surface area contributed by atoms with Crippen molar-refractivity contribution in [2.75, 3.05) is 0 Å². The van der Waals surface area contributed by atoms with E-state index in [-0.39, 0.29) is 22.6 Å². The molecule has 4 nitrogen and oxygen atoms in total. The lowest BCUT2D eigenvalue weighted by Crippen LogP contribution is -1.98. The number of ketones is 1. The van der Waals surface area contributed by atoms with Gasteiger partial charge in [-0.05, 0) is 18.6 Å². The Bertz CT molecular complexity index is 601. The van der Waals surface area contributed by atoms with Gasteiger partial charge in [-0.3, -0.25) is 9.59 Å². The number of H-pyrrole nitrogens is 1. The summed E-state index contributed by atoms with van der Waals surface area (Å²) < 4.78 is 0. The Morgan fingerprint density at radius 3 is 2.88 bits per heavy atom. The highest BCUT2D eigenvalue weighted by Gasteiger charge is 2.17. The van der Waals surface area contributed by atoms with Crippen LogP contribution >= 0.6 is 11.6 Å². The number of aromatic hydroxyl groups is 1. The van der Waals surface area contributed by atoms with Crippen molar-refractivity contribution in [3.63, 3.8) is 0 Å². The Hall–Kier alpha value is -1.81. The first-order valence-corrected chi connectivity index (χ1v) is 4.92. The third kappa shape index (κ3) is 1.39. The van der Waals surface area contributed by atoms with Crippen LogP contribution in [-0.4, -0.2) is 22.2 Å². The number of Topliss-reactive ketones (excluding diaryl/α,β-unsaturated/α-hetero) is 1. The van der Waals surface area contributed by atoms with Gasteiger partial charge in [-0.15, -0.1) is 0 Å². The van der Waals surface area contributed by atoms with Gasteiger partial charge in [0.15, 0.2) is 6.29 Å². The Morgan fingerprint density at radius 1 is 1.56 bits per heavy atom. The fraction of sp³-hybridized carbons (Fsp3) is 0.0909. The summed E-state index contributed by atoms with van der Waals surface area (Å²) in [4.78, 5) is 24.6. The van der Waals surface area contributed by atoms with Gasteiger partial charge in [0.25, 0.3) is 0 Å². The molecule has 2 N–H and O–H groups in total. The molecule has 0 saturated heterocycles. The molecule has 0 unspecified atom stereocenters. The number of aryl methyl sites for hydroxylation is 1. The van der Waals surface area contributed by atoms with Crippen LogP contribution in [0, 0.1) is 6.92 Å². The second-order valence-corrected chi connectivity index (χ2v) is 3.84. The van der Waals surface area contributed by atoms with Crippen molar-refractivity contribution >= 4 is 34.6 Å². The van der Waals surface area contributed by atoms with Gasteiger partial charge >= 0.3 is 0 Å². The molecule has 0 spiro atoms. The molecule has 16 heavy (non-hydrogen) atoms. The summed E-state index contributed by atoms with van der Waals surface area (Å²) in [6.07, 6.45) is 1.63. The van der Waals surface area contributed by atoms with Crippen molar-refractivity contribution in [1.29, 1.82) is 0 Å². The maximum absolute atomic E-state index is 11.3. The van der Waals surface area contributed by atoms with Crippen LogP contribution in [0.2, 0.25) is 5.02 Å². The normalized spacial score (nSPS) is 10.6. The minimum atomic E-state index is -0.670. The van der Waals surface area contributed by atoms with Crippen molar-refractivity contribution in [1.82, 2.24) is 4.98 Å². The van der Waals surface area contributed by atoms with Gasteiger partial charge in [0.05, 0.1) is 10.6 Å². The largest absolute Gasteiger partial charge is 0.506 e. The number of benzene rings is 1. The average Bonchev–Trinajstić information content (AvgIpc) is 2.68. The number of aromatic amines is 1. The molecule has 2 rings (SSSR count). The first-order valence-electron chi connectivity index (χ1n) is 4.55. The number of phenols is 1. The predicted molar refractivity (Wildman–Crippen MR) is 60.1 cm³/mol. The zero-order valence-electron chi connectivity index (χ0n) is 8.37. The fourth-order valence-corrected chi connectivity index (χ4v) is 1.98. The Balaban J connectivity index is 2.86. The minimum Gasteiger partial charge on any atom is -0.506 e. The number of aldehydes is 1. The number of aromatic nitrogens is 1. The van der Waals surface area contributed by atoms with Crippen molar-refractivity contribution in [3.05, 3.63) is 28.4 Å². The van der Waals surface area contributed by atoms with Crippen molar-refractivity contribution in [3.8, 4) is 5.75 Å². The highest BCUT2D eigenvalue weighted by Crippen LogP contribution is 2.36. The van der Waals surface area contributed by atoms with E-state index in [2.05, 4.69) is 4.98 Å². The fourth-order valence-electron chi connectivity index (χ4n) is 1.62. The maximum Gasteiger partial charge on any atom is 0.227 e. The van der Waals surface area contributed by atoms with Gasteiger partial charge in [-0.2, -0.15) is 0 Å². The van der Waals surface area contributed by atoms with Crippen molar-refractivity contribution in [2.45, 2.75) is 6.92 Å². The van der Waals surface area contributed by atoms with E-state index in [0.29, 0.717) is 16.5 Å². The molecule has 0 amide bonds. The van der Waals surface area contributed by atoms with Gasteiger partial charge in [0, 0.05) is 17.1 Å². The molecule has 0 atom stereocenters. The number of carbonyl (C=O) groups excluding carboxylic acids is 2. The van der Waals surface area contributed by atoms with E-state index in [1.165, 1.54) is 6.20 Å². The number of rotatable bonds is 2. The number of halogens is 1. The Kier molecular flexibility index (Phi) is 2.44. The first-order chi connectivity index (χ1) is 7.56. The molecule has 0 aliphatic carbocycles. The third-order valence-electron chi connectivity index (χ3n) is 2.44. The molecular weight excluding hydrogens is 230 g/mol. The van der Waals surface area contributed by atoms with E-state index in [9.17, 15) is 14.7 Å². The van der Waals surface area contributed by atoms with Crippen LogP contribution in [-0.2, 0) is 4.79 Å². The SMILES string of the molecule is Cc1cc2[nH]cc(C(=O)C=O)c2c(Cl)c1O.